The molecule has 1 amide bonds. The van der Waals surface area contributed by atoms with Crippen molar-refractivity contribution in [3.8, 4) is 11.1 Å². The topological polar surface area (TPSA) is 55.4 Å². The molecule has 0 bridgehead atoms. The van der Waals surface area contributed by atoms with Gasteiger partial charge < -0.3 is 10.1 Å². The average molecular weight is 359 g/mol. The second-order valence-corrected chi connectivity index (χ2v) is 6.08. The molecule has 0 aliphatic rings. The van der Waals surface area contributed by atoms with Crippen molar-refractivity contribution in [1.82, 2.24) is 0 Å². The van der Waals surface area contributed by atoms with Gasteiger partial charge in [0, 0.05) is 11.3 Å². The van der Waals surface area contributed by atoms with Gasteiger partial charge in [0.2, 0.25) is 0 Å². The minimum Gasteiger partial charge on any atom is -0.466 e. The zero-order chi connectivity index (χ0) is 19.1. The summed E-state index contributed by atoms with van der Waals surface area (Å²) < 4.78 is 4.97. The van der Waals surface area contributed by atoms with Crippen molar-refractivity contribution in [2.75, 3.05) is 11.9 Å². The first-order valence-corrected chi connectivity index (χ1v) is 8.87. The van der Waals surface area contributed by atoms with Gasteiger partial charge in [0.1, 0.15) is 0 Å². The number of amides is 1. The monoisotopic (exact) mass is 359 g/mol. The number of ether oxygens (including phenoxy) is 1. The predicted molar refractivity (Wildman–Crippen MR) is 107 cm³/mol. The van der Waals surface area contributed by atoms with Crippen molar-refractivity contribution in [3.05, 3.63) is 90.0 Å². The molecule has 0 radical (unpaired) electrons. The summed E-state index contributed by atoms with van der Waals surface area (Å²) in [7, 11) is 0. The molecule has 3 aromatic carbocycles. The maximum atomic E-state index is 12.6. The zero-order valence-corrected chi connectivity index (χ0v) is 15.1. The normalized spacial score (nSPS) is 10.3. The summed E-state index contributed by atoms with van der Waals surface area (Å²) in [6.45, 7) is 2.13. The molecule has 3 rings (SSSR count). The quantitative estimate of drug-likeness (QED) is 0.649. The minimum atomic E-state index is -0.281. The van der Waals surface area contributed by atoms with Crippen LogP contribution in [0.15, 0.2) is 78.9 Å². The molecule has 1 N–H and O–H groups in total. The third-order valence-corrected chi connectivity index (χ3v) is 4.07. The summed E-state index contributed by atoms with van der Waals surface area (Å²) in [6.07, 6.45) is 0.182. The Hall–Kier alpha value is -3.40. The Bertz CT molecular complexity index is 935. The van der Waals surface area contributed by atoms with Crippen molar-refractivity contribution in [2.24, 2.45) is 0 Å². The number of benzene rings is 3. The summed E-state index contributed by atoms with van der Waals surface area (Å²) in [5.74, 6) is -0.474. The number of carbonyl (C=O) groups is 2. The van der Waals surface area contributed by atoms with Crippen LogP contribution >= 0.6 is 0 Å². The van der Waals surface area contributed by atoms with Crippen LogP contribution in [0.2, 0.25) is 0 Å². The van der Waals surface area contributed by atoms with Gasteiger partial charge in [0.25, 0.3) is 5.91 Å². The summed E-state index contributed by atoms with van der Waals surface area (Å²) >= 11 is 0. The van der Waals surface area contributed by atoms with Gasteiger partial charge in [-0.15, -0.1) is 0 Å². The van der Waals surface area contributed by atoms with E-state index in [1.807, 2.05) is 60.7 Å². The van der Waals surface area contributed by atoms with Gasteiger partial charge in [-0.25, -0.2) is 0 Å². The number of nitrogens with one attached hydrogen (secondary N) is 1. The lowest BCUT2D eigenvalue weighted by molar-refractivity contribution is -0.142. The summed E-state index contributed by atoms with van der Waals surface area (Å²) in [5.41, 5.74) is 4.06. The number of esters is 1. The highest BCUT2D eigenvalue weighted by Crippen LogP contribution is 2.21. The van der Waals surface area contributed by atoms with Gasteiger partial charge in [0.05, 0.1) is 13.0 Å². The SMILES string of the molecule is CCOC(=O)Cc1cccc(NC(=O)c2cccc(-c3ccccc3)c2)c1. The molecule has 0 spiro atoms. The molecule has 27 heavy (non-hydrogen) atoms. The molecule has 0 saturated carbocycles. The number of anilines is 1. The van der Waals surface area contributed by atoms with Crippen LogP contribution in [0.5, 0.6) is 0 Å². The molecule has 0 aliphatic carbocycles. The van der Waals surface area contributed by atoms with E-state index in [9.17, 15) is 9.59 Å². The highest BCUT2D eigenvalue weighted by molar-refractivity contribution is 6.05. The van der Waals surface area contributed by atoms with Crippen LogP contribution in [0.3, 0.4) is 0 Å². The van der Waals surface area contributed by atoms with Crippen molar-refractivity contribution in [3.63, 3.8) is 0 Å². The first kappa shape index (κ1) is 18.4. The Morgan fingerprint density at radius 3 is 2.37 bits per heavy atom. The number of hydrogen-bond acceptors (Lipinski definition) is 3. The molecule has 0 saturated heterocycles. The lowest BCUT2D eigenvalue weighted by Gasteiger charge is -2.09. The van der Waals surface area contributed by atoms with E-state index in [1.54, 1.807) is 25.1 Å². The first-order chi connectivity index (χ1) is 13.2. The lowest BCUT2D eigenvalue weighted by atomic mass is 10.0. The van der Waals surface area contributed by atoms with E-state index in [-0.39, 0.29) is 18.3 Å². The van der Waals surface area contributed by atoms with Gasteiger partial charge in [0.15, 0.2) is 0 Å². The smallest absolute Gasteiger partial charge is 0.310 e. The molecule has 0 atom stereocenters. The van der Waals surface area contributed by atoms with E-state index in [4.69, 9.17) is 4.74 Å². The van der Waals surface area contributed by atoms with Crippen molar-refractivity contribution in [1.29, 1.82) is 0 Å². The summed E-state index contributed by atoms with van der Waals surface area (Å²) in [6, 6.07) is 24.7. The molecule has 3 aromatic rings. The van der Waals surface area contributed by atoms with Crippen LogP contribution < -0.4 is 5.32 Å². The molecule has 0 aliphatic heterocycles. The van der Waals surface area contributed by atoms with E-state index in [1.165, 1.54) is 0 Å². The molecule has 4 nitrogen and oxygen atoms in total. The van der Waals surface area contributed by atoms with E-state index in [0.717, 1.165) is 16.7 Å². The van der Waals surface area contributed by atoms with Gasteiger partial charge >= 0.3 is 5.97 Å². The molecule has 136 valence electrons. The number of rotatable bonds is 6. The lowest BCUT2D eigenvalue weighted by Crippen LogP contribution is -2.12. The van der Waals surface area contributed by atoms with Crippen LogP contribution in [0.4, 0.5) is 5.69 Å². The van der Waals surface area contributed by atoms with Crippen LogP contribution in [0.25, 0.3) is 11.1 Å². The fourth-order valence-corrected chi connectivity index (χ4v) is 2.81. The van der Waals surface area contributed by atoms with Crippen molar-refractivity contribution < 1.29 is 14.3 Å². The van der Waals surface area contributed by atoms with E-state index in [2.05, 4.69) is 5.32 Å². The predicted octanol–water partition coefficient (Wildman–Crippen LogP) is 4.71. The van der Waals surface area contributed by atoms with E-state index < -0.39 is 0 Å². The Morgan fingerprint density at radius 2 is 1.59 bits per heavy atom. The van der Waals surface area contributed by atoms with Crippen LogP contribution in [0, 0.1) is 0 Å². The van der Waals surface area contributed by atoms with E-state index in [0.29, 0.717) is 17.9 Å². The molecule has 0 fully saturated rings. The molecule has 4 heteroatoms. The summed E-state index contributed by atoms with van der Waals surface area (Å²) in [5, 5.41) is 2.89. The van der Waals surface area contributed by atoms with Crippen molar-refractivity contribution >= 4 is 17.6 Å². The number of hydrogen-bond donors (Lipinski definition) is 1. The third kappa shape index (κ3) is 5.05. The molecular weight excluding hydrogens is 338 g/mol. The first-order valence-electron chi connectivity index (χ1n) is 8.87. The Balaban J connectivity index is 1.73. The molecular formula is C23H21NO3. The maximum absolute atomic E-state index is 12.6. The van der Waals surface area contributed by atoms with Crippen LogP contribution in [-0.2, 0) is 16.0 Å². The Kier molecular flexibility index (Phi) is 6.00. The standard InChI is InChI=1S/C23H21NO3/c1-2-27-22(25)15-17-8-6-13-21(14-17)24-23(26)20-12-7-11-19(16-20)18-9-4-3-5-10-18/h3-14,16H,2,15H2,1H3,(H,24,26). The number of carbonyl (C=O) groups excluding carboxylic acids is 2. The third-order valence-electron chi connectivity index (χ3n) is 4.07. The van der Waals surface area contributed by atoms with Gasteiger partial charge in [-0.2, -0.15) is 0 Å². The van der Waals surface area contributed by atoms with Gasteiger partial charge in [-0.1, -0.05) is 54.6 Å². The van der Waals surface area contributed by atoms with Gasteiger partial charge in [-0.3, -0.25) is 9.59 Å². The van der Waals surface area contributed by atoms with Crippen LogP contribution in [-0.4, -0.2) is 18.5 Å². The van der Waals surface area contributed by atoms with Crippen molar-refractivity contribution in [2.45, 2.75) is 13.3 Å². The highest BCUT2D eigenvalue weighted by atomic mass is 16.5. The Morgan fingerprint density at radius 1 is 0.852 bits per heavy atom. The van der Waals surface area contributed by atoms with E-state index >= 15 is 0 Å². The summed E-state index contributed by atoms with van der Waals surface area (Å²) in [4.78, 5) is 24.3. The van der Waals surface area contributed by atoms with Crippen LogP contribution in [0.1, 0.15) is 22.8 Å². The largest absolute Gasteiger partial charge is 0.466 e. The molecule has 0 unspecified atom stereocenters. The highest BCUT2D eigenvalue weighted by Gasteiger charge is 2.09. The maximum Gasteiger partial charge on any atom is 0.310 e. The average Bonchev–Trinajstić information content (AvgIpc) is 2.69. The van der Waals surface area contributed by atoms with Gasteiger partial charge in [-0.05, 0) is 47.9 Å². The zero-order valence-electron chi connectivity index (χ0n) is 15.1. The minimum absolute atomic E-state index is 0.182. The second kappa shape index (κ2) is 8.81. The Labute approximate surface area is 158 Å². The molecule has 0 heterocycles. The fourth-order valence-electron chi connectivity index (χ4n) is 2.81. The fraction of sp³-hybridized carbons (Fsp3) is 0.130. The molecule has 0 aromatic heterocycles. The second-order valence-electron chi connectivity index (χ2n) is 6.08.